The molecule has 0 aliphatic carbocycles. The molecule has 1 saturated heterocycles. The Morgan fingerprint density at radius 3 is 2.67 bits per heavy atom. The van der Waals surface area contributed by atoms with Gasteiger partial charge in [-0.15, -0.1) is 0 Å². The highest BCUT2D eigenvalue weighted by atomic mass is 16.4. The van der Waals surface area contributed by atoms with Crippen molar-refractivity contribution in [2.24, 2.45) is 4.99 Å². The maximum absolute atomic E-state index is 10.7. The average molecular weight is 415 g/mol. The summed E-state index contributed by atoms with van der Waals surface area (Å²) in [4.78, 5) is 13.9. The third-order valence-corrected chi connectivity index (χ3v) is 5.27. The summed E-state index contributed by atoms with van der Waals surface area (Å²) >= 11 is 0. The van der Waals surface area contributed by atoms with E-state index in [1.54, 1.807) is 13.0 Å². The van der Waals surface area contributed by atoms with Crippen LogP contribution in [0.5, 0.6) is 0 Å². The Bertz CT molecular complexity index is 840. The Morgan fingerprint density at radius 2 is 2.00 bits per heavy atom. The van der Waals surface area contributed by atoms with Crippen LogP contribution in [0.25, 0.3) is 0 Å². The van der Waals surface area contributed by atoms with Gasteiger partial charge in [-0.2, -0.15) is 0 Å². The fraction of sp³-hybridized carbons (Fsp3) is 0.545. The number of anilines is 1. The number of hydrogen-bond acceptors (Lipinski definition) is 6. The minimum absolute atomic E-state index is 0.286. The van der Waals surface area contributed by atoms with Crippen LogP contribution in [0.1, 0.15) is 30.9 Å². The summed E-state index contributed by atoms with van der Waals surface area (Å²) in [6.07, 6.45) is 1.85. The van der Waals surface area contributed by atoms with Crippen molar-refractivity contribution in [2.75, 3.05) is 51.2 Å². The van der Waals surface area contributed by atoms with Crippen molar-refractivity contribution < 1.29 is 9.52 Å². The summed E-state index contributed by atoms with van der Waals surface area (Å²) in [6, 6.07) is 7.76. The molecule has 2 aromatic rings. The second-order valence-electron chi connectivity index (χ2n) is 8.05. The number of aliphatic imine (C=N–C) groups is 1. The summed E-state index contributed by atoms with van der Waals surface area (Å²) in [7, 11) is 2.15. The summed E-state index contributed by atoms with van der Waals surface area (Å²) in [6.45, 7) is 11.2. The van der Waals surface area contributed by atoms with Crippen LogP contribution in [0.15, 0.2) is 39.9 Å². The van der Waals surface area contributed by atoms with Crippen LogP contribution >= 0.6 is 0 Å². The van der Waals surface area contributed by atoms with Gasteiger partial charge in [-0.1, -0.05) is 0 Å². The molecule has 1 atom stereocenters. The molecule has 0 aromatic carbocycles. The number of nitrogens with zero attached hydrogens (tertiary/aromatic N) is 4. The maximum Gasteiger partial charge on any atom is 0.191 e. The summed E-state index contributed by atoms with van der Waals surface area (Å²) in [5.74, 6) is 2.97. The van der Waals surface area contributed by atoms with Gasteiger partial charge >= 0.3 is 0 Å². The molecule has 0 amide bonds. The van der Waals surface area contributed by atoms with Gasteiger partial charge in [0.15, 0.2) is 5.96 Å². The van der Waals surface area contributed by atoms with Gasteiger partial charge in [-0.05, 0) is 57.6 Å². The first kappa shape index (κ1) is 22.1. The predicted molar refractivity (Wildman–Crippen MR) is 120 cm³/mol. The van der Waals surface area contributed by atoms with E-state index in [-0.39, 0.29) is 6.54 Å². The molecule has 0 bridgehead atoms. The smallest absolute Gasteiger partial charge is 0.191 e. The van der Waals surface area contributed by atoms with Crippen molar-refractivity contribution in [2.45, 2.75) is 32.9 Å². The molecule has 3 N–H and O–H groups in total. The number of aromatic nitrogens is 1. The quantitative estimate of drug-likeness (QED) is 0.469. The van der Waals surface area contributed by atoms with E-state index in [4.69, 9.17) is 4.42 Å². The molecule has 0 radical (unpaired) electrons. The molecular weight excluding hydrogens is 380 g/mol. The SMILES string of the molecule is CCNC(=NCc1ccnc(N2CCN(C)CC2)c1)NCC(C)(O)c1ccc(C)o1. The molecular formula is C22H34N6O2. The number of piperazine rings is 1. The van der Waals surface area contributed by atoms with Crippen molar-refractivity contribution in [1.29, 1.82) is 0 Å². The second-order valence-corrected chi connectivity index (χ2v) is 8.05. The fourth-order valence-electron chi connectivity index (χ4n) is 3.35. The van der Waals surface area contributed by atoms with Gasteiger partial charge in [-0.25, -0.2) is 9.98 Å². The Morgan fingerprint density at radius 1 is 1.23 bits per heavy atom. The standard InChI is InChI=1S/C22H34N6O2/c1-5-23-21(26-16-22(3,29)19-7-6-17(2)30-19)25-15-18-8-9-24-20(14-18)28-12-10-27(4)11-13-28/h6-9,14,29H,5,10-13,15-16H2,1-4H3,(H2,23,25,26). The van der Waals surface area contributed by atoms with Crippen LogP contribution in [0.4, 0.5) is 5.82 Å². The lowest BCUT2D eigenvalue weighted by Crippen LogP contribution is -2.44. The van der Waals surface area contributed by atoms with E-state index < -0.39 is 5.60 Å². The van der Waals surface area contributed by atoms with E-state index in [0.29, 0.717) is 18.3 Å². The van der Waals surface area contributed by atoms with Crippen molar-refractivity contribution in [3.8, 4) is 0 Å². The first-order valence-electron chi connectivity index (χ1n) is 10.6. The highest BCUT2D eigenvalue weighted by Crippen LogP contribution is 2.22. The van der Waals surface area contributed by atoms with Gasteiger partial charge in [0.05, 0.1) is 13.1 Å². The molecule has 30 heavy (non-hydrogen) atoms. The second kappa shape index (κ2) is 9.95. The number of nitrogens with one attached hydrogen (secondary N) is 2. The molecule has 164 valence electrons. The van der Waals surface area contributed by atoms with Gasteiger partial charge in [0.2, 0.25) is 0 Å². The summed E-state index contributed by atoms with van der Waals surface area (Å²) < 4.78 is 5.58. The topological polar surface area (TPSA) is 89.2 Å². The molecule has 3 rings (SSSR count). The molecule has 1 aliphatic heterocycles. The molecule has 2 aromatic heterocycles. The number of likely N-dealkylation sites (N-methyl/N-ethyl adjacent to an activating group) is 1. The minimum atomic E-state index is -1.13. The first-order valence-corrected chi connectivity index (χ1v) is 10.6. The van der Waals surface area contributed by atoms with Gasteiger partial charge in [-0.3, -0.25) is 0 Å². The van der Waals surface area contributed by atoms with Crippen molar-refractivity contribution >= 4 is 11.8 Å². The molecule has 3 heterocycles. The fourth-order valence-corrected chi connectivity index (χ4v) is 3.35. The van der Waals surface area contributed by atoms with E-state index >= 15 is 0 Å². The lowest BCUT2D eigenvalue weighted by atomic mass is 10.0. The van der Waals surface area contributed by atoms with Crippen LogP contribution in [-0.2, 0) is 12.1 Å². The van der Waals surface area contributed by atoms with E-state index in [9.17, 15) is 5.11 Å². The molecule has 0 saturated carbocycles. The minimum Gasteiger partial charge on any atom is -0.463 e. The number of hydrogen-bond donors (Lipinski definition) is 3. The van der Waals surface area contributed by atoms with Gasteiger partial charge in [0.25, 0.3) is 0 Å². The first-order chi connectivity index (χ1) is 14.4. The van der Waals surface area contributed by atoms with Crippen LogP contribution < -0.4 is 15.5 Å². The van der Waals surface area contributed by atoms with E-state index in [2.05, 4.69) is 43.5 Å². The van der Waals surface area contributed by atoms with Crippen LogP contribution in [-0.4, -0.2) is 67.3 Å². The van der Waals surface area contributed by atoms with Crippen LogP contribution in [0.3, 0.4) is 0 Å². The monoisotopic (exact) mass is 414 g/mol. The Kier molecular flexibility index (Phi) is 7.33. The highest BCUT2D eigenvalue weighted by Gasteiger charge is 2.27. The molecule has 0 spiro atoms. The van der Waals surface area contributed by atoms with Crippen molar-refractivity contribution in [3.05, 3.63) is 47.5 Å². The Balaban J connectivity index is 1.62. The third kappa shape index (κ3) is 5.96. The zero-order valence-electron chi connectivity index (χ0n) is 18.5. The van der Waals surface area contributed by atoms with Crippen LogP contribution in [0.2, 0.25) is 0 Å². The Hall–Kier alpha value is -2.58. The summed E-state index contributed by atoms with van der Waals surface area (Å²) in [5, 5.41) is 17.2. The van der Waals surface area contributed by atoms with E-state index in [1.807, 2.05) is 32.2 Å². The number of pyridine rings is 1. The lowest BCUT2D eigenvalue weighted by molar-refractivity contribution is 0.0378. The van der Waals surface area contributed by atoms with Crippen LogP contribution in [0, 0.1) is 6.92 Å². The maximum atomic E-state index is 10.7. The average Bonchev–Trinajstić information content (AvgIpc) is 3.18. The number of furan rings is 1. The largest absolute Gasteiger partial charge is 0.463 e. The lowest BCUT2D eigenvalue weighted by Gasteiger charge is -2.33. The molecule has 1 unspecified atom stereocenters. The third-order valence-electron chi connectivity index (χ3n) is 5.27. The normalized spacial score (nSPS) is 17.6. The zero-order valence-corrected chi connectivity index (χ0v) is 18.5. The number of guanidine groups is 1. The number of rotatable bonds is 7. The van der Waals surface area contributed by atoms with E-state index in [1.165, 1.54) is 0 Å². The van der Waals surface area contributed by atoms with Gasteiger partial charge < -0.3 is 30.0 Å². The van der Waals surface area contributed by atoms with Gasteiger partial charge in [0.1, 0.15) is 22.9 Å². The highest BCUT2D eigenvalue weighted by molar-refractivity contribution is 5.79. The number of aliphatic hydroxyl groups is 1. The molecule has 8 nitrogen and oxygen atoms in total. The number of aryl methyl sites for hydroxylation is 1. The molecule has 1 fully saturated rings. The molecule has 1 aliphatic rings. The van der Waals surface area contributed by atoms with E-state index in [0.717, 1.165) is 49.9 Å². The van der Waals surface area contributed by atoms with Crippen molar-refractivity contribution in [3.63, 3.8) is 0 Å². The summed E-state index contributed by atoms with van der Waals surface area (Å²) in [5.41, 5.74) is -0.0278. The van der Waals surface area contributed by atoms with Gasteiger partial charge in [0, 0.05) is 38.9 Å². The molecule has 8 heteroatoms. The Labute approximate surface area is 179 Å². The predicted octanol–water partition coefficient (Wildman–Crippen LogP) is 1.70. The van der Waals surface area contributed by atoms with Crippen molar-refractivity contribution in [1.82, 2.24) is 20.5 Å². The zero-order chi connectivity index (χ0) is 21.6.